The molecule has 1 aliphatic heterocycles. The maximum absolute atomic E-state index is 13.7. The van der Waals surface area contributed by atoms with Gasteiger partial charge in [0, 0.05) is 33.7 Å². The van der Waals surface area contributed by atoms with Crippen LogP contribution >= 0.6 is 12.4 Å². The lowest BCUT2D eigenvalue weighted by Crippen LogP contribution is -2.48. The van der Waals surface area contributed by atoms with E-state index in [1.54, 1.807) is 44.1 Å². The summed E-state index contributed by atoms with van der Waals surface area (Å²) in [4.78, 5) is 32.7. The molecule has 0 aliphatic carbocycles. The van der Waals surface area contributed by atoms with E-state index in [9.17, 15) is 14.0 Å². The van der Waals surface area contributed by atoms with Gasteiger partial charge < -0.3 is 15.1 Å². The van der Waals surface area contributed by atoms with Gasteiger partial charge in [0.15, 0.2) is 0 Å². The Hall–Kier alpha value is -2.51. The highest BCUT2D eigenvalue weighted by Crippen LogP contribution is 2.25. The van der Waals surface area contributed by atoms with Crippen LogP contribution in [0.1, 0.15) is 38.1 Å². The Balaban J connectivity index is 0.00000280. The topological polar surface area (TPSA) is 65.5 Å². The van der Waals surface area contributed by atoms with Crippen LogP contribution in [0.15, 0.2) is 36.4 Å². The van der Waals surface area contributed by atoms with Gasteiger partial charge in [-0.3, -0.25) is 9.59 Å². The average molecular weight is 407 g/mol. The Kier molecular flexibility index (Phi) is 7.10. The summed E-state index contributed by atoms with van der Waals surface area (Å²) in [5.41, 5.74) is 2.01. The summed E-state index contributed by atoms with van der Waals surface area (Å²) in [7, 11) is 3.31. The van der Waals surface area contributed by atoms with Crippen molar-refractivity contribution in [3.8, 4) is 0 Å². The number of nitrogens with one attached hydrogen (secondary N) is 1. The van der Waals surface area contributed by atoms with Crippen LogP contribution in [0.4, 0.5) is 4.39 Å². The van der Waals surface area contributed by atoms with E-state index in [-0.39, 0.29) is 36.1 Å². The van der Waals surface area contributed by atoms with Crippen molar-refractivity contribution in [2.75, 3.05) is 33.7 Å². The van der Waals surface area contributed by atoms with Gasteiger partial charge in [0.25, 0.3) is 11.8 Å². The number of hydrogen-bond donors (Lipinski definition) is 1. The van der Waals surface area contributed by atoms with Crippen molar-refractivity contribution in [3.63, 3.8) is 0 Å². The SMILES string of the molecule is Cc1nc(C(=O)N(C)C)ccc1C(=O)N1CCNCC1c1cccc(F)c1.Cl. The molecule has 8 heteroatoms. The molecule has 2 heterocycles. The number of piperazine rings is 1. The predicted molar refractivity (Wildman–Crippen MR) is 107 cm³/mol. The second-order valence-electron chi connectivity index (χ2n) is 6.80. The van der Waals surface area contributed by atoms with E-state index in [0.717, 1.165) is 5.56 Å². The van der Waals surface area contributed by atoms with E-state index in [1.807, 2.05) is 6.07 Å². The molecule has 0 saturated carbocycles. The summed E-state index contributed by atoms with van der Waals surface area (Å²) >= 11 is 0. The molecule has 1 aromatic carbocycles. The van der Waals surface area contributed by atoms with Gasteiger partial charge in [0.05, 0.1) is 17.3 Å². The van der Waals surface area contributed by atoms with Crippen LogP contribution in [0.5, 0.6) is 0 Å². The fourth-order valence-corrected chi connectivity index (χ4v) is 3.25. The molecular formula is C20H24ClFN4O2. The molecule has 0 radical (unpaired) electrons. The molecule has 1 N–H and O–H groups in total. The highest BCUT2D eigenvalue weighted by molar-refractivity contribution is 5.97. The summed E-state index contributed by atoms with van der Waals surface area (Å²) in [6, 6.07) is 9.28. The molecule has 150 valence electrons. The second kappa shape index (κ2) is 9.12. The molecule has 0 bridgehead atoms. The summed E-state index contributed by atoms with van der Waals surface area (Å²) in [5.74, 6) is -0.702. The van der Waals surface area contributed by atoms with Crippen LogP contribution in [-0.2, 0) is 0 Å². The van der Waals surface area contributed by atoms with Crippen molar-refractivity contribution < 1.29 is 14.0 Å². The maximum atomic E-state index is 13.7. The smallest absolute Gasteiger partial charge is 0.271 e. The van der Waals surface area contributed by atoms with Crippen LogP contribution in [0.25, 0.3) is 0 Å². The summed E-state index contributed by atoms with van der Waals surface area (Å²) in [5, 5.41) is 3.26. The first-order valence-electron chi connectivity index (χ1n) is 8.85. The zero-order chi connectivity index (χ0) is 19.6. The molecule has 6 nitrogen and oxygen atoms in total. The van der Waals surface area contributed by atoms with Crippen molar-refractivity contribution in [3.05, 3.63) is 64.7 Å². The zero-order valence-corrected chi connectivity index (χ0v) is 16.9. The minimum atomic E-state index is -0.324. The Morgan fingerprint density at radius 2 is 2.00 bits per heavy atom. The highest BCUT2D eigenvalue weighted by atomic mass is 35.5. The number of rotatable bonds is 3. The Labute approximate surface area is 170 Å². The number of hydrogen-bond acceptors (Lipinski definition) is 4. The molecule has 1 aromatic heterocycles. The minimum Gasteiger partial charge on any atom is -0.343 e. The molecule has 2 amide bonds. The number of carbonyl (C=O) groups is 2. The lowest BCUT2D eigenvalue weighted by atomic mass is 10.0. The first-order chi connectivity index (χ1) is 12.9. The van der Waals surface area contributed by atoms with E-state index >= 15 is 0 Å². The monoisotopic (exact) mass is 406 g/mol. The van der Waals surface area contributed by atoms with Gasteiger partial charge in [-0.2, -0.15) is 0 Å². The maximum Gasteiger partial charge on any atom is 0.271 e. The van der Waals surface area contributed by atoms with Gasteiger partial charge in [-0.25, -0.2) is 9.37 Å². The molecule has 1 unspecified atom stereocenters. The summed E-state index contributed by atoms with van der Waals surface area (Å²) in [6.07, 6.45) is 0. The molecule has 1 aliphatic rings. The van der Waals surface area contributed by atoms with E-state index in [2.05, 4.69) is 10.3 Å². The van der Waals surface area contributed by atoms with Crippen LogP contribution in [0.3, 0.4) is 0 Å². The van der Waals surface area contributed by atoms with Gasteiger partial charge in [-0.1, -0.05) is 12.1 Å². The first-order valence-corrected chi connectivity index (χ1v) is 8.85. The predicted octanol–water partition coefficient (Wildman–Crippen LogP) is 2.44. The number of aromatic nitrogens is 1. The third kappa shape index (κ3) is 4.48. The van der Waals surface area contributed by atoms with Gasteiger partial charge in [0.1, 0.15) is 11.5 Å². The largest absolute Gasteiger partial charge is 0.343 e. The lowest BCUT2D eigenvalue weighted by Gasteiger charge is -2.37. The molecule has 1 fully saturated rings. The summed E-state index contributed by atoms with van der Waals surface area (Å²) < 4.78 is 13.7. The van der Waals surface area contributed by atoms with E-state index in [4.69, 9.17) is 0 Å². The number of nitrogens with zero attached hydrogens (tertiary/aromatic N) is 3. The standard InChI is InChI=1S/C20H23FN4O2.ClH/c1-13-16(7-8-17(23-13)20(27)24(2)3)19(26)25-10-9-22-12-18(25)14-5-4-6-15(21)11-14;/h4-8,11,18,22H,9-10,12H2,1-3H3;1H. The van der Waals surface area contributed by atoms with Crippen LogP contribution in [0, 0.1) is 12.7 Å². The number of amides is 2. The number of pyridine rings is 1. The van der Waals surface area contributed by atoms with Crippen LogP contribution < -0.4 is 5.32 Å². The van der Waals surface area contributed by atoms with Crippen molar-refractivity contribution in [2.24, 2.45) is 0 Å². The van der Waals surface area contributed by atoms with Crippen LogP contribution in [-0.4, -0.2) is 60.3 Å². The third-order valence-corrected chi connectivity index (χ3v) is 4.68. The second-order valence-corrected chi connectivity index (χ2v) is 6.80. The van der Waals surface area contributed by atoms with Crippen molar-refractivity contribution in [2.45, 2.75) is 13.0 Å². The molecule has 1 saturated heterocycles. The molecule has 0 spiro atoms. The van der Waals surface area contributed by atoms with E-state index in [1.165, 1.54) is 17.0 Å². The number of aryl methyl sites for hydroxylation is 1. The lowest BCUT2D eigenvalue weighted by molar-refractivity contribution is 0.0631. The number of halogens is 2. The average Bonchev–Trinajstić information content (AvgIpc) is 2.66. The quantitative estimate of drug-likeness (QED) is 0.850. The molecule has 2 aromatic rings. The van der Waals surface area contributed by atoms with E-state index in [0.29, 0.717) is 36.6 Å². The van der Waals surface area contributed by atoms with Gasteiger partial charge in [-0.15, -0.1) is 12.4 Å². The van der Waals surface area contributed by atoms with Gasteiger partial charge in [-0.05, 0) is 36.8 Å². The fourth-order valence-electron chi connectivity index (χ4n) is 3.25. The zero-order valence-electron chi connectivity index (χ0n) is 16.1. The van der Waals surface area contributed by atoms with Gasteiger partial charge >= 0.3 is 0 Å². The number of benzene rings is 1. The van der Waals surface area contributed by atoms with Crippen LogP contribution in [0.2, 0.25) is 0 Å². The molecule has 1 atom stereocenters. The minimum absolute atomic E-state index is 0. The van der Waals surface area contributed by atoms with Gasteiger partial charge in [0.2, 0.25) is 0 Å². The Bertz CT molecular complexity index is 875. The van der Waals surface area contributed by atoms with E-state index < -0.39 is 0 Å². The molecule has 28 heavy (non-hydrogen) atoms. The normalized spacial score (nSPS) is 16.3. The Morgan fingerprint density at radius 1 is 1.25 bits per heavy atom. The van der Waals surface area contributed by atoms with Crippen molar-refractivity contribution in [1.29, 1.82) is 0 Å². The third-order valence-electron chi connectivity index (χ3n) is 4.68. The molecule has 3 rings (SSSR count). The molecular weight excluding hydrogens is 383 g/mol. The fraction of sp³-hybridized carbons (Fsp3) is 0.350. The van der Waals surface area contributed by atoms with Crippen molar-refractivity contribution >= 4 is 24.2 Å². The highest BCUT2D eigenvalue weighted by Gasteiger charge is 2.30. The van der Waals surface area contributed by atoms with Crippen molar-refractivity contribution in [1.82, 2.24) is 20.1 Å². The summed E-state index contributed by atoms with van der Waals surface area (Å²) in [6.45, 7) is 3.46. The number of carbonyl (C=O) groups excluding carboxylic acids is 2. The first kappa shape index (κ1) is 21.8. The Morgan fingerprint density at radius 3 is 2.64 bits per heavy atom.